The van der Waals surface area contributed by atoms with E-state index in [9.17, 15) is 0 Å². The normalized spacial score (nSPS) is 33.0. The second kappa shape index (κ2) is 7.53. The fourth-order valence-corrected chi connectivity index (χ4v) is 4.27. The number of hydrogen-bond donors (Lipinski definition) is 1. The van der Waals surface area contributed by atoms with Crippen LogP contribution in [0.25, 0.3) is 0 Å². The predicted molar refractivity (Wildman–Crippen MR) is 79.8 cm³/mol. The summed E-state index contributed by atoms with van der Waals surface area (Å²) in [6.07, 6.45) is 14.8. The SMILES string of the molecule is CCNC(C1CCCCCC1)C1CCC(C)CC1. The fraction of sp³-hybridized carbons (Fsp3) is 1.00. The van der Waals surface area contributed by atoms with Crippen molar-refractivity contribution < 1.29 is 0 Å². The van der Waals surface area contributed by atoms with Gasteiger partial charge in [-0.25, -0.2) is 0 Å². The van der Waals surface area contributed by atoms with Gasteiger partial charge in [-0.15, -0.1) is 0 Å². The Kier molecular flexibility index (Phi) is 6.01. The molecule has 0 aromatic rings. The first-order chi connectivity index (χ1) is 8.81. The molecule has 0 aromatic carbocycles. The van der Waals surface area contributed by atoms with E-state index in [1.54, 1.807) is 0 Å². The topological polar surface area (TPSA) is 12.0 Å². The van der Waals surface area contributed by atoms with E-state index in [0.717, 1.165) is 30.3 Å². The zero-order chi connectivity index (χ0) is 12.8. The highest BCUT2D eigenvalue weighted by molar-refractivity contribution is 4.86. The molecule has 0 spiro atoms. The molecule has 1 unspecified atom stereocenters. The minimum absolute atomic E-state index is 0.834. The van der Waals surface area contributed by atoms with Crippen LogP contribution in [0.2, 0.25) is 0 Å². The van der Waals surface area contributed by atoms with E-state index in [1.807, 2.05) is 0 Å². The molecule has 0 aromatic heterocycles. The molecule has 2 saturated carbocycles. The molecule has 0 bridgehead atoms. The van der Waals surface area contributed by atoms with Crippen molar-refractivity contribution in [1.82, 2.24) is 5.32 Å². The molecule has 1 N–H and O–H groups in total. The van der Waals surface area contributed by atoms with Crippen molar-refractivity contribution in [3.05, 3.63) is 0 Å². The second-order valence-electron chi connectivity index (χ2n) is 6.86. The maximum Gasteiger partial charge on any atom is 0.0123 e. The highest BCUT2D eigenvalue weighted by Crippen LogP contribution is 2.36. The molecular formula is C17H33N. The molecule has 1 nitrogen and oxygen atoms in total. The van der Waals surface area contributed by atoms with Crippen LogP contribution in [-0.4, -0.2) is 12.6 Å². The molecule has 1 atom stereocenters. The largest absolute Gasteiger partial charge is 0.314 e. The molecule has 2 fully saturated rings. The summed E-state index contributed by atoms with van der Waals surface area (Å²) in [5.41, 5.74) is 0. The van der Waals surface area contributed by atoms with Crippen molar-refractivity contribution in [1.29, 1.82) is 0 Å². The van der Waals surface area contributed by atoms with Crippen LogP contribution in [0.15, 0.2) is 0 Å². The number of hydrogen-bond acceptors (Lipinski definition) is 1. The highest BCUT2D eigenvalue weighted by Gasteiger charge is 2.31. The Morgan fingerprint density at radius 3 is 1.94 bits per heavy atom. The summed E-state index contributed by atoms with van der Waals surface area (Å²) in [6.45, 7) is 5.88. The molecule has 1 heteroatoms. The van der Waals surface area contributed by atoms with Crippen LogP contribution in [0.4, 0.5) is 0 Å². The van der Waals surface area contributed by atoms with Crippen LogP contribution in [0.3, 0.4) is 0 Å². The molecule has 2 rings (SSSR count). The van der Waals surface area contributed by atoms with Crippen molar-refractivity contribution >= 4 is 0 Å². The molecule has 0 amide bonds. The van der Waals surface area contributed by atoms with E-state index in [-0.39, 0.29) is 0 Å². The molecule has 0 radical (unpaired) electrons. The van der Waals surface area contributed by atoms with Gasteiger partial charge in [-0.2, -0.15) is 0 Å². The van der Waals surface area contributed by atoms with Gasteiger partial charge in [0, 0.05) is 6.04 Å². The number of nitrogens with one attached hydrogen (secondary N) is 1. The van der Waals surface area contributed by atoms with Crippen LogP contribution in [0, 0.1) is 17.8 Å². The lowest BCUT2D eigenvalue weighted by Crippen LogP contribution is -2.43. The maximum atomic E-state index is 3.86. The molecule has 2 aliphatic carbocycles. The van der Waals surface area contributed by atoms with Crippen molar-refractivity contribution in [3.8, 4) is 0 Å². The van der Waals surface area contributed by atoms with Crippen molar-refractivity contribution in [3.63, 3.8) is 0 Å². The molecule has 2 aliphatic rings. The zero-order valence-electron chi connectivity index (χ0n) is 12.6. The van der Waals surface area contributed by atoms with Gasteiger partial charge in [-0.1, -0.05) is 52.4 Å². The van der Waals surface area contributed by atoms with Gasteiger partial charge in [-0.05, 0) is 50.0 Å². The molecule has 18 heavy (non-hydrogen) atoms. The summed E-state index contributed by atoms with van der Waals surface area (Å²) in [5.74, 6) is 2.94. The lowest BCUT2D eigenvalue weighted by molar-refractivity contribution is 0.174. The fourth-order valence-electron chi connectivity index (χ4n) is 4.27. The van der Waals surface area contributed by atoms with Crippen LogP contribution >= 0.6 is 0 Å². The summed E-state index contributed by atoms with van der Waals surface area (Å²) in [5, 5.41) is 3.86. The standard InChI is InChI=1S/C17H33N/c1-3-18-17(15-8-6-4-5-7-9-15)16-12-10-14(2)11-13-16/h14-18H,3-13H2,1-2H3. The minimum Gasteiger partial charge on any atom is -0.314 e. The summed E-state index contributed by atoms with van der Waals surface area (Å²) < 4.78 is 0. The Bertz CT molecular complexity index is 210. The Labute approximate surface area is 114 Å². The average molecular weight is 251 g/mol. The van der Waals surface area contributed by atoms with Crippen LogP contribution < -0.4 is 5.32 Å². The van der Waals surface area contributed by atoms with Gasteiger partial charge in [0.1, 0.15) is 0 Å². The molecule has 0 aliphatic heterocycles. The monoisotopic (exact) mass is 251 g/mol. The lowest BCUT2D eigenvalue weighted by Gasteiger charge is -2.38. The maximum absolute atomic E-state index is 3.86. The van der Waals surface area contributed by atoms with Gasteiger partial charge in [0.05, 0.1) is 0 Å². The third-order valence-corrected chi connectivity index (χ3v) is 5.42. The van der Waals surface area contributed by atoms with E-state index in [4.69, 9.17) is 0 Å². The lowest BCUT2D eigenvalue weighted by atomic mass is 9.74. The quantitative estimate of drug-likeness (QED) is 0.710. The van der Waals surface area contributed by atoms with Gasteiger partial charge >= 0.3 is 0 Å². The van der Waals surface area contributed by atoms with E-state index < -0.39 is 0 Å². The molecule has 0 saturated heterocycles. The van der Waals surface area contributed by atoms with Crippen molar-refractivity contribution in [2.24, 2.45) is 17.8 Å². The summed E-state index contributed by atoms with van der Waals surface area (Å²) in [6, 6.07) is 0.834. The Morgan fingerprint density at radius 2 is 1.39 bits per heavy atom. The average Bonchev–Trinajstić information content (AvgIpc) is 2.66. The summed E-state index contributed by atoms with van der Waals surface area (Å²) >= 11 is 0. The van der Waals surface area contributed by atoms with Gasteiger partial charge in [0.15, 0.2) is 0 Å². The Hall–Kier alpha value is -0.0400. The van der Waals surface area contributed by atoms with E-state index in [1.165, 1.54) is 64.2 Å². The van der Waals surface area contributed by atoms with E-state index in [0.29, 0.717) is 0 Å². The van der Waals surface area contributed by atoms with Crippen LogP contribution in [0.1, 0.15) is 78.1 Å². The number of rotatable bonds is 4. The minimum atomic E-state index is 0.834. The van der Waals surface area contributed by atoms with Crippen LogP contribution in [-0.2, 0) is 0 Å². The second-order valence-corrected chi connectivity index (χ2v) is 6.86. The first-order valence-corrected chi connectivity index (χ1v) is 8.54. The highest BCUT2D eigenvalue weighted by atomic mass is 14.9. The third-order valence-electron chi connectivity index (χ3n) is 5.42. The van der Waals surface area contributed by atoms with Gasteiger partial charge < -0.3 is 5.32 Å². The van der Waals surface area contributed by atoms with Gasteiger partial charge in [0.2, 0.25) is 0 Å². The van der Waals surface area contributed by atoms with Gasteiger partial charge in [0.25, 0.3) is 0 Å². The Balaban J connectivity index is 1.92. The van der Waals surface area contributed by atoms with E-state index >= 15 is 0 Å². The summed E-state index contributed by atoms with van der Waals surface area (Å²) in [4.78, 5) is 0. The smallest absolute Gasteiger partial charge is 0.0123 e. The summed E-state index contributed by atoms with van der Waals surface area (Å²) in [7, 11) is 0. The van der Waals surface area contributed by atoms with Crippen molar-refractivity contribution in [2.75, 3.05) is 6.54 Å². The Morgan fingerprint density at radius 1 is 0.833 bits per heavy atom. The van der Waals surface area contributed by atoms with Gasteiger partial charge in [-0.3, -0.25) is 0 Å². The molecular weight excluding hydrogens is 218 g/mol. The van der Waals surface area contributed by atoms with Crippen molar-refractivity contribution in [2.45, 2.75) is 84.1 Å². The third kappa shape index (κ3) is 3.98. The molecule has 106 valence electrons. The predicted octanol–water partition coefficient (Wildman–Crippen LogP) is 4.76. The van der Waals surface area contributed by atoms with Crippen LogP contribution in [0.5, 0.6) is 0 Å². The molecule has 0 heterocycles. The first-order valence-electron chi connectivity index (χ1n) is 8.54. The first kappa shape index (κ1) is 14.4. The van der Waals surface area contributed by atoms with E-state index in [2.05, 4.69) is 19.2 Å². The zero-order valence-corrected chi connectivity index (χ0v) is 12.6.